The highest BCUT2D eigenvalue weighted by atomic mass is 19.3. The molecule has 6 heteroatoms. The van der Waals surface area contributed by atoms with Crippen LogP contribution in [0.5, 0.6) is 5.75 Å². The van der Waals surface area contributed by atoms with E-state index in [0.29, 0.717) is 23.4 Å². The first kappa shape index (κ1) is 16.7. The molecule has 0 saturated heterocycles. The van der Waals surface area contributed by atoms with Crippen molar-refractivity contribution < 1.29 is 23.0 Å². The van der Waals surface area contributed by atoms with Crippen LogP contribution in [-0.2, 0) is 11.3 Å². The molecule has 0 radical (unpaired) electrons. The molecule has 0 spiro atoms. The number of para-hydroxylation sites is 1. The van der Waals surface area contributed by atoms with E-state index in [1.165, 1.54) is 6.07 Å². The topological polar surface area (TPSA) is 47.6 Å². The summed E-state index contributed by atoms with van der Waals surface area (Å²) in [4.78, 5) is 11.7. The van der Waals surface area contributed by atoms with Crippen molar-refractivity contribution in [1.29, 1.82) is 0 Å². The molecule has 1 N–H and O–H groups in total. The molecule has 122 valence electrons. The molecule has 23 heavy (non-hydrogen) atoms. The van der Waals surface area contributed by atoms with Gasteiger partial charge in [0.05, 0.1) is 12.2 Å². The van der Waals surface area contributed by atoms with E-state index in [4.69, 9.17) is 4.74 Å². The number of carbonyl (C=O) groups excluding carboxylic acids is 1. The maximum absolute atomic E-state index is 12.4. The van der Waals surface area contributed by atoms with Crippen molar-refractivity contribution in [3.63, 3.8) is 0 Å². The SMILES string of the molecule is CCOC(=O)c1cccc(NCc2ccccc2OC(F)F)c1. The largest absolute Gasteiger partial charge is 0.462 e. The fraction of sp³-hybridized carbons (Fsp3) is 0.235. The van der Waals surface area contributed by atoms with Crippen molar-refractivity contribution in [2.75, 3.05) is 11.9 Å². The summed E-state index contributed by atoms with van der Waals surface area (Å²) in [7, 11) is 0. The van der Waals surface area contributed by atoms with Crippen LogP contribution in [0.3, 0.4) is 0 Å². The number of anilines is 1. The van der Waals surface area contributed by atoms with Gasteiger partial charge < -0.3 is 14.8 Å². The van der Waals surface area contributed by atoms with Gasteiger partial charge in [0, 0.05) is 17.8 Å². The maximum atomic E-state index is 12.4. The molecule has 0 saturated carbocycles. The van der Waals surface area contributed by atoms with E-state index in [-0.39, 0.29) is 12.3 Å². The van der Waals surface area contributed by atoms with Gasteiger partial charge in [-0.1, -0.05) is 24.3 Å². The summed E-state index contributed by atoms with van der Waals surface area (Å²) in [5.41, 5.74) is 1.70. The molecule has 0 aliphatic rings. The lowest BCUT2D eigenvalue weighted by Crippen LogP contribution is -2.08. The van der Waals surface area contributed by atoms with Gasteiger partial charge >= 0.3 is 12.6 Å². The number of carbonyl (C=O) groups is 1. The Morgan fingerprint density at radius 3 is 2.70 bits per heavy atom. The number of rotatable bonds is 7. The summed E-state index contributed by atoms with van der Waals surface area (Å²) in [6, 6.07) is 13.3. The lowest BCUT2D eigenvalue weighted by Gasteiger charge is -2.12. The number of benzene rings is 2. The third-order valence-electron chi connectivity index (χ3n) is 3.05. The predicted octanol–water partition coefficient (Wildman–Crippen LogP) is 4.08. The molecule has 0 amide bonds. The Morgan fingerprint density at radius 2 is 1.96 bits per heavy atom. The van der Waals surface area contributed by atoms with E-state index in [1.807, 2.05) is 0 Å². The van der Waals surface area contributed by atoms with Gasteiger partial charge in [0.15, 0.2) is 0 Å². The summed E-state index contributed by atoms with van der Waals surface area (Å²) in [5, 5.41) is 3.08. The van der Waals surface area contributed by atoms with Crippen LogP contribution in [0.15, 0.2) is 48.5 Å². The quantitative estimate of drug-likeness (QED) is 0.781. The molecule has 4 nitrogen and oxygen atoms in total. The summed E-state index contributed by atoms with van der Waals surface area (Å²) < 4.78 is 34.2. The number of nitrogens with one attached hydrogen (secondary N) is 1. The fourth-order valence-corrected chi connectivity index (χ4v) is 2.03. The van der Waals surface area contributed by atoms with Crippen molar-refractivity contribution in [3.8, 4) is 5.75 Å². The van der Waals surface area contributed by atoms with Gasteiger partial charge in [-0.3, -0.25) is 0 Å². The maximum Gasteiger partial charge on any atom is 0.387 e. The van der Waals surface area contributed by atoms with Crippen molar-refractivity contribution in [2.45, 2.75) is 20.1 Å². The number of hydrogen-bond acceptors (Lipinski definition) is 4. The number of hydrogen-bond donors (Lipinski definition) is 1. The van der Waals surface area contributed by atoms with Gasteiger partial charge in [-0.2, -0.15) is 8.78 Å². The molecular formula is C17H17F2NO3. The van der Waals surface area contributed by atoms with Crippen LogP contribution in [0.4, 0.5) is 14.5 Å². The van der Waals surface area contributed by atoms with Crippen LogP contribution >= 0.6 is 0 Å². The highest BCUT2D eigenvalue weighted by Gasteiger charge is 2.10. The Balaban J connectivity index is 2.07. The molecule has 2 rings (SSSR count). The van der Waals surface area contributed by atoms with Crippen LogP contribution in [0.1, 0.15) is 22.8 Å². The summed E-state index contributed by atoms with van der Waals surface area (Å²) in [6.07, 6.45) is 0. The Labute approximate surface area is 133 Å². The summed E-state index contributed by atoms with van der Waals surface area (Å²) in [6.45, 7) is -0.549. The van der Waals surface area contributed by atoms with Gasteiger partial charge in [0.1, 0.15) is 5.75 Å². The monoisotopic (exact) mass is 321 g/mol. The normalized spacial score (nSPS) is 10.4. The average molecular weight is 321 g/mol. The van der Waals surface area contributed by atoms with E-state index in [9.17, 15) is 13.6 Å². The molecule has 0 fully saturated rings. The fourth-order valence-electron chi connectivity index (χ4n) is 2.03. The minimum atomic E-state index is -2.87. The lowest BCUT2D eigenvalue weighted by atomic mass is 10.1. The highest BCUT2D eigenvalue weighted by Crippen LogP contribution is 2.22. The van der Waals surface area contributed by atoms with E-state index >= 15 is 0 Å². The molecule has 0 unspecified atom stereocenters. The van der Waals surface area contributed by atoms with E-state index in [1.54, 1.807) is 49.4 Å². The smallest absolute Gasteiger partial charge is 0.387 e. The minimum Gasteiger partial charge on any atom is -0.462 e. The second kappa shape index (κ2) is 8.12. The van der Waals surface area contributed by atoms with Gasteiger partial charge in [0.25, 0.3) is 0 Å². The van der Waals surface area contributed by atoms with Crippen LogP contribution in [-0.4, -0.2) is 19.2 Å². The Bertz CT molecular complexity index is 662. The number of halogens is 2. The van der Waals surface area contributed by atoms with Gasteiger partial charge in [0.2, 0.25) is 0 Å². The molecule has 0 aliphatic carbocycles. The zero-order valence-corrected chi connectivity index (χ0v) is 12.6. The van der Waals surface area contributed by atoms with Crippen molar-refractivity contribution in [3.05, 3.63) is 59.7 Å². The summed E-state index contributed by atoms with van der Waals surface area (Å²) >= 11 is 0. The van der Waals surface area contributed by atoms with Gasteiger partial charge in [-0.05, 0) is 31.2 Å². The second-order valence-corrected chi connectivity index (χ2v) is 4.64. The minimum absolute atomic E-state index is 0.122. The second-order valence-electron chi connectivity index (χ2n) is 4.64. The van der Waals surface area contributed by atoms with E-state index in [0.717, 1.165) is 0 Å². The van der Waals surface area contributed by atoms with Gasteiger partial charge in [-0.15, -0.1) is 0 Å². The third-order valence-corrected chi connectivity index (χ3v) is 3.05. The molecule has 2 aromatic rings. The molecule has 0 bridgehead atoms. The predicted molar refractivity (Wildman–Crippen MR) is 82.8 cm³/mol. The number of esters is 1. The first-order valence-electron chi connectivity index (χ1n) is 7.14. The van der Waals surface area contributed by atoms with Gasteiger partial charge in [-0.25, -0.2) is 4.79 Å². The van der Waals surface area contributed by atoms with Crippen LogP contribution in [0.2, 0.25) is 0 Å². The average Bonchev–Trinajstić information content (AvgIpc) is 2.54. The number of ether oxygens (including phenoxy) is 2. The third kappa shape index (κ3) is 4.95. The first-order chi connectivity index (χ1) is 11.1. The standard InChI is InChI=1S/C17H17F2NO3/c1-2-22-16(21)12-7-5-8-14(10-12)20-11-13-6-3-4-9-15(13)23-17(18)19/h3-10,17,20H,2,11H2,1H3. The highest BCUT2D eigenvalue weighted by molar-refractivity contribution is 5.90. The molecular weight excluding hydrogens is 304 g/mol. The Hall–Kier alpha value is -2.63. The van der Waals surface area contributed by atoms with Crippen LogP contribution in [0.25, 0.3) is 0 Å². The molecule has 2 aromatic carbocycles. The number of alkyl halides is 2. The van der Waals surface area contributed by atoms with Crippen LogP contribution in [0, 0.1) is 0 Å². The Morgan fingerprint density at radius 1 is 1.17 bits per heavy atom. The first-order valence-corrected chi connectivity index (χ1v) is 7.14. The molecule has 0 aliphatic heterocycles. The lowest BCUT2D eigenvalue weighted by molar-refractivity contribution is -0.0504. The molecule has 0 heterocycles. The zero-order valence-electron chi connectivity index (χ0n) is 12.6. The van der Waals surface area contributed by atoms with E-state index < -0.39 is 12.6 Å². The van der Waals surface area contributed by atoms with Crippen molar-refractivity contribution >= 4 is 11.7 Å². The molecule has 0 aromatic heterocycles. The van der Waals surface area contributed by atoms with E-state index in [2.05, 4.69) is 10.1 Å². The van der Waals surface area contributed by atoms with Crippen molar-refractivity contribution in [1.82, 2.24) is 0 Å². The summed E-state index contributed by atoms with van der Waals surface area (Å²) in [5.74, 6) is -0.283. The van der Waals surface area contributed by atoms with Crippen molar-refractivity contribution in [2.24, 2.45) is 0 Å². The zero-order chi connectivity index (χ0) is 16.7. The van der Waals surface area contributed by atoms with Crippen LogP contribution < -0.4 is 10.1 Å². The molecule has 0 atom stereocenters. The Kier molecular flexibility index (Phi) is 5.91.